The molecule has 1 fully saturated rings. The van der Waals surface area contributed by atoms with Crippen LogP contribution in [0.3, 0.4) is 0 Å². The highest BCUT2D eigenvalue weighted by Crippen LogP contribution is 2.25. The topological polar surface area (TPSA) is 33.7 Å². The normalized spacial score (nSPS) is 16.1. The first kappa shape index (κ1) is 16.3. The molecule has 1 aliphatic heterocycles. The highest BCUT2D eigenvalue weighted by atomic mass is 16.5. The standard InChI is InChI=1S/C17H28N2O2/c1-14-4-5-15(2)17(16(14)3)21-13-12-20-11-10-19-8-6-18-7-9-19/h4-5,18H,6-13H2,1-3H3. The van der Waals surface area contributed by atoms with Gasteiger partial charge in [-0.15, -0.1) is 0 Å². The molecule has 118 valence electrons. The van der Waals surface area contributed by atoms with Gasteiger partial charge in [-0.2, -0.15) is 0 Å². The van der Waals surface area contributed by atoms with Gasteiger partial charge in [0.15, 0.2) is 0 Å². The van der Waals surface area contributed by atoms with Crippen LogP contribution in [0.15, 0.2) is 12.1 Å². The van der Waals surface area contributed by atoms with E-state index in [1.165, 1.54) is 16.7 Å². The van der Waals surface area contributed by atoms with Crippen LogP contribution in [0.25, 0.3) is 0 Å². The third kappa shape index (κ3) is 4.99. The lowest BCUT2D eigenvalue weighted by atomic mass is 10.1. The molecule has 0 unspecified atom stereocenters. The highest BCUT2D eigenvalue weighted by Gasteiger charge is 2.09. The molecule has 0 atom stereocenters. The van der Waals surface area contributed by atoms with Crippen LogP contribution in [0.1, 0.15) is 16.7 Å². The summed E-state index contributed by atoms with van der Waals surface area (Å²) in [5.41, 5.74) is 3.70. The smallest absolute Gasteiger partial charge is 0.125 e. The van der Waals surface area contributed by atoms with Crippen molar-refractivity contribution in [2.24, 2.45) is 0 Å². The maximum atomic E-state index is 5.89. The molecular weight excluding hydrogens is 264 g/mol. The SMILES string of the molecule is Cc1ccc(C)c(OCCOCCN2CCNCC2)c1C. The molecule has 0 saturated carbocycles. The van der Waals surface area contributed by atoms with Gasteiger partial charge in [0.1, 0.15) is 12.4 Å². The average molecular weight is 292 g/mol. The van der Waals surface area contributed by atoms with E-state index < -0.39 is 0 Å². The van der Waals surface area contributed by atoms with Gasteiger partial charge in [-0.05, 0) is 37.5 Å². The Morgan fingerprint density at radius 2 is 1.71 bits per heavy atom. The average Bonchev–Trinajstić information content (AvgIpc) is 2.51. The van der Waals surface area contributed by atoms with Gasteiger partial charge in [0, 0.05) is 32.7 Å². The third-order valence-corrected chi connectivity index (χ3v) is 4.11. The monoisotopic (exact) mass is 292 g/mol. The summed E-state index contributed by atoms with van der Waals surface area (Å²) >= 11 is 0. The fraction of sp³-hybridized carbons (Fsp3) is 0.647. The molecule has 1 N–H and O–H groups in total. The van der Waals surface area contributed by atoms with Gasteiger partial charge in [0.25, 0.3) is 0 Å². The van der Waals surface area contributed by atoms with Crippen LogP contribution in [0.5, 0.6) is 5.75 Å². The van der Waals surface area contributed by atoms with Gasteiger partial charge >= 0.3 is 0 Å². The Labute approximate surface area is 128 Å². The van der Waals surface area contributed by atoms with E-state index in [1.54, 1.807) is 0 Å². The summed E-state index contributed by atoms with van der Waals surface area (Å²) in [4.78, 5) is 2.44. The predicted molar refractivity (Wildman–Crippen MR) is 86.3 cm³/mol. The molecule has 1 aromatic rings. The zero-order valence-electron chi connectivity index (χ0n) is 13.6. The van der Waals surface area contributed by atoms with Gasteiger partial charge in [-0.3, -0.25) is 4.90 Å². The second kappa shape index (κ2) is 8.37. The van der Waals surface area contributed by atoms with Crippen molar-refractivity contribution in [2.75, 3.05) is 52.5 Å². The zero-order chi connectivity index (χ0) is 15.1. The van der Waals surface area contributed by atoms with Crippen LogP contribution in [0, 0.1) is 20.8 Å². The van der Waals surface area contributed by atoms with Crippen LogP contribution in [-0.2, 0) is 4.74 Å². The number of piperazine rings is 1. The lowest BCUT2D eigenvalue weighted by molar-refractivity contribution is 0.0764. The van der Waals surface area contributed by atoms with Gasteiger partial charge in [0.05, 0.1) is 13.2 Å². The van der Waals surface area contributed by atoms with Crippen molar-refractivity contribution >= 4 is 0 Å². The second-order valence-electron chi connectivity index (χ2n) is 5.71. The van der Waals surface area contributed by atoms with E-state index in [1.807, 2.05) is 0 Å². The summed E-state index contributed by atoms with van der Waals surface area (Å²) in [6, 6.07) is 4.25. The largest absolute Gasteiger partial charge is 0.491 e. The van der Waals surface area contributed by atoms with E-state index in [9.17, 15) is 0 Å². The molecule has 2 rings (SSSR count). The van der Waals surface area contributed by atoms with Crippen molar-refractivity contribution in [1.82, 2.24) is 10.2 Å². The molecule has 1 heterocycles. The van der Waals surface area contributed by atoms with Gasteiger partial charge < -0.3 is 14.8 Å². The quantitative estimate of drug-likeness (QED) is 0.779. The van der Waals surface area contributed by atoms with Crippen molar-refractivity contribution < 1.29 is 9.47 Å². The van der Waals surface area contributed by atoms with E-state index in [2.05, 4.69) is 43.1 Å². The molecule has 1 saturated heterocycles. The molecular formula is C17H28N2O2. The summed E-state index contributed by atoms with van der Waals surface area (Å²) in [7, 11) is 0. The van der Waals surface area contributed by atoms with Crippen molar-refractivity contribution in [2.45, 2.75) is 20.8 Å². The van der Waals surface area contributed by atoms with Crippen LogP contribution in [0.2, 0.25) is 0 Å². The minimum Gasteiger partial charge on any atom is -0.491 e. The van der Waals surface area contributed by atoms with Crippen LogP contribution in [-0.4, -0.2) is 57.4 Å². The maximum Gasteiger partial charge on any atom is 0.125 e. The number of nitrogens with zero attached hydrogens (tertiary/aromatic N) is 1. The summed E-state index contributed by atoms with van der Waals surface area (Å²) in [6.07, 6.45) is 0. The van der Waals surface area contributed by atoms with E-state index in [0.29, 0.717) is 13.2 Å². The molecule has 1 aliphatic rings. The first-order valence-corrected chi connectivity index (χ1v) is 7.89. The molecule has 0 radical (unpaired) electrons. The number of hydrogen-bond acceptors (Lipinski definition) is 4. The van der Waals surface area contributed by atoms with E-state index in [4.69, 9.17) is 9.47 Å². The molecule has 4 heteroatoms. The minimum atomic E-state index is 0.618. The molecule has 0 amide bonds. The molecule has 0 spiro atoms. The molecule has 0 aliphatic carbocycles. The van der Waals surface area contributed by atoms with Crippen molar-refractivity contribution in [3.8, 4) is 5.75 Å². The van der Waals surface area contributed by atoms with Gasteiger partial charge in [-0.25, -0.2) is 0 Å². The first-order valence-electron chi connectivity index (χ1n) is 7.89. The number of rotatable bonds is 7. The Morgan fingerprint density at radius 3 is 2.48 bits per heavy atom. The number of hydrogen-bond donors (Lipinski definition) is 1. The summed E-state index contributed by atoms with van der Waals surface area (Å²) in [5.74, 6) is 1.01. The minimum absolute atomic E-state index is 0.618. The Hall–Kier alpha value is -1.10. The van der Waals surface area contributed by atoms with Crippen molar-refractivity contribution in [3.63, 3.8) is 0 Å². The summed E-state index contributed by atoms with van der Waals surface area (Å²) in [6.45, 7) is 13.8. The third-order valence-electron chi connectivity index (χ3n) is 4.11. The summed E-state index contributed by atoms with van der Waals surface area (Å²) in [5, 5.41) is 3.36. The first-order chi connectivity index (χ1) is 10.2. The lowest BCUT2D eigenvalue weighted by Gasteiger charge is -2.26. The Balaban J connectivity index is 1.62. The fourth-order valence-electron chi connectivity index (χ4n) is 2.58. The molecule has 4 nitrogen and oxygen atoms in total. The zero-order valence-corrected chi connectivity index (χ0v) is 13.6. The number of aryl methyl sites for hydroxylation is 2. The van der Waals surface area contributed by atoms with Crippen molar-refractivity contribution in [3.05, 3.63) is 28.8 Å². The van der Waals surface area contributed by atoms with E-state index in [0.717, 1.165) is 45.1 Å². The van der Waals surface area contributed by atoms with E-state index >= 15 is 0 Å². The molecule has 0 aromatic heterocycles. The highest BCUT2D eigenvalue weighted by molar-refractivity contribution is 5.44. The Morgan fingerprint density at radius 1 is 1.00 bits per heavy atom. The number of ether oxygens (including phenoxy) is 2. The molecule has 21 heavy (non-hydrogen) atoms. The van der Waals surface area contributed by atoms with Crippen LogP contribution in [0.4, 0.5) is 0 Å². The van der Waals surface area contributed by atoms with Gasteiger partial charge in [0.2, 0.25) is 0 Å². The molecule has 1 aromatic carbocycles. The lowest BCUT2D eigenvalue weighted by Crippen LogP contribution is -2.44. The molecule has 0 bridgehead atoms. The second-order valence-corrected chi connectivity index (χ2v) is 5.71. The van der Waals surface area contributed by atoms with E-state index in [-0.39, 0.29) is 0 Å². The van der Waals surface area contributed by atoms with Gasteiger partial charge in [-0.1, -0.05) is 12.1 Å². The predicted octanol–water partition coefficient (Wildman–Crippen LogP) is 1.91. The Bertz CT molecular complexity index is 443. The summed E-state index contributed by atoms with van der Waals surface area (Å²) < 4.78 is 11.6. The van der Waals surface area contributed by atoms with Crippen LogP contribution >= 0.6 is 0 Å². The Kier molecular flexibility index (Phi) is 6.49. The fourth-order valence-corrected chi connectivity index (χ4v) is 2.58. The maximum absolute atomic E-state index is 5.89. The van der Waals surface area contributed by atoms with Crippen LogP contribution < -0.4 is 10.1 Å². The van der Waals surface area contributed by atoms with Crippen molar-refractivity contribution in [1.29, 1.82) is 0 Å². The number of benzene rings is 1. The number of nitrogens with one attached hydrogen (secondary N) is 1.